The molecule has 0 fully saturated rings. The molecule has 5 aromatic rings. The van der Waals surface area contributed by atoms with Gasteiger partial charge in [-0.25, -0.2) is 0 Å². The van der Waals surface area contributed by atoms with Gasteiger partial charge in [-0.1, -0.05) is 24.3 Å². The summed E-state index contributed by atoms with van der Waals surface area (Å²) in [4.78, 5) is 0. The van der Waals surface area contributed by atoms with Gasteiger partial charge in [-0.2, -0.15) is 0 Å². The highest BCUT2D eigenvalue weighted by Crippen LogP contribution is 2.40. The Morgan fingerprint density at radius 1 is 0.295 bits per heavy atom. The molecule has 0 saturated heterocycles. The van der Waals surface area contributed by atoms with Crippen molar-refractivity contribution >= 4 is 0 Å². The number of benzene rings is 5. The van der Waals surface area contributed by atoms with Crippen molar-refractivity contribution in [1.82, 2.24) is 0 Å². The van der Waals surface area contributed by atoms with E-state index in [0.717, 1.165) is 90.5 Å². The first-order chi connectivity index (χ1) is 20.9. The van der Waals surface area contributed by atoms with Gasteiger partial charge in [0, 0.05) is 0 Å². The van der Waals surface area contributed by atoms with Crippen LogP contribution < -0.4 is 18.9 Å². The number of hydrogen-bond acceptors (Lipinski definition) is 4. The van der Waals surface area contributed by atoms with E-state index < -0.39 is 0 Å². The fraction of sp³-hybridized carbons (Fsp3) is 0.250. The van der Waals surface area contributed by atoms with Crippen LogP contribution >= 0.6 is 0 Å². The molecular weight excluding hydrogens is 544 g/mol. The van der Waals surface area contributed by atoms with Crippen molar-refractivity contribution < 1.29 is 18.9 Å². The van der Waals surface area contributed by atoms with Gasteiger partial charge in [-0.15, -0.1) is 0 Å². The van der Waals surface area contributed by atoms with E-state index in [1.54, 1.807) is 0 Å². The lowest BCUT2D eigenvalue weighted by molar-refractivity contribution is 0.450. The van der Waals surface area contributed by atoms with Crippen LogP contribution in [0.5, 0.6) is 46.0 Å². The Balaban J connectivity index is 1.34. The van der Waals surface area contributed by atoms with Crippen molar-refractivity contribution in [3.05, 3.63) is 128 Å². The highest BCUT2D eigenvalue weighted by molar-refractivity contribution is 5.55. The lowest BCUT2D eigenvalue weighted by Crippen LogP contribution is -1.98. The van der Waals surface area contributed by atoms with Crippen molar-refractivity contribution in [3.8, 4) is 46.0 Å². The maximum atomic E-state index is 6.46. The maximum absolute atomic E-state index is 6.46. The van der Waals surface area contributed by atoms with Gasteiger partial charge in [0.15, 0.2) is 0 Å². The van der Waals surface area contributed by atoms with Gasteiger partial charge >= 0.3 is 0 Å². The molecule has 0 radical (unpaired) electrons. The SMILES string of the molecule is Cc1cc(C)cc(Oc2c(C)cc(Oc3c(C)cc(Oc4c(C)cc(Oc5c(C)cccc5C)cc4C)cc3C)cc2C)c1. The minimum Gasteiger partial charge on any atom is -0.457 e. The third kappa shape index (κ3) is 6.75. The molecule has 0 atom stereocenters. The fourth-order valence-corrected chi connectivity index (χ4v) is 5.81. The smallest absolute Gasteiger partial charge is 0.133 e. The zero-order valence-corrected chi connectivity index (χ0v) is 27.6. The topological polar surface area (TPSA) is 36.9 Å². The van der Waals surface area contributed by atoms with Gasteiger partial charge in [-0.3, -0.25) is 0 Å². The van der Waals surface area contributed by atoms with Crippen LogP contribution in [0.15, 0.2) is 72.8 Å². The first-order valence-corrected chi connectivity index (χ1v) is 15.1. The fourth-order valence-electron chi connectivity index (χ4n) is 5.81. The molecule has 5 aromatic carbocycles. The number of rotatable bonds is 8. The molecular formula is C40H42O4. The summed E-state index contributed by atoms with van der Waals surface area (Å²) in [5.41, 5.74) is 10.6. The lowest BCUT2D eigenvalue weighted by Gasteiger charge is -2.19. The van der Waals surface area contributed by atoms with Gasteiger partial charge in [0.2, 0.25) is 0 Å². The summed E-state index contributed by atoms with van der Waals surface area (Å²) in [7, 11) is 0. The number of aryl methyl sites for hydroxylation is 10. The monoisotopic (exact) mass is 586 g/mol. The molecule has 5 rings (SSSR count). The molecule has 0 aliphatic rings. The van der Waals surface area contributed by atoms with Gasteiger partial charge in [0.1, 0.15) is 46.0 Å². The van der Waals surface area contributed by atoms with Crippen molar-refractivity contribution in [2.45, 2.75) is 69.2 Å². The van der Waals surface area contributed by atoms with Crippen LogP contribution in [-0.2, 0) is 0 Å². The van der Waals surface area contributed by atoms with Crippen LogP contribution in [-0.4, -0.2) is 0 Å². The second kappa shape index (κ2) is 12.5. The molecule has 0 aliphatic heterocycles. The Bertz CT molecular complexity index is 1760. The largest absolute Gasteiger partial charge is 0.457 e. The Labute approximate surface area is 262 Å². The Morgan fingerprint density at radius 3 is 0.841 bits per heavy atom. The second-order valence-corrected chi connectivity index (χ2v) is 12.1. The molecule has 0 heterocycles. The molecule has 0 spiro atoms. The summed E-state index contributed by atoms with van der Waals surface area (Å²) >= 11 is 0. The van der Waals surface area contributed by atoms with Crippen molar-refractivity contribution in [2.24, 2.45) is 0 Å². The number of para-hydroxylation sites is 1. The number of hydrogen-bond donors (Lipinski definition) is 0. The summed E-state index contributed by atoms with van der Waals surface area (Å²) in [5.74, 6) is 6.61. The van der Waals surface area contributed by atoms with E-state index in [2.05, 4.69) is 85.7 Å². The van der Waals surface area contributed by atoms with Gasteiger partial charge in [-0.05, 0) is 173 Å². The number of ether oxygens (including phenoxy) is 4. The zero-order chi connectivity index (χ0) is 31.7. The molecule has 0 N–H and O–H groups in total. The van der Waals surface area contributed by atoms with E-state index in [-0.39, 0.29) is 0 Å². The van der Waals surface area contributed by atoms with E-state index in [1.165, 1.54) is 11.1 Å². The Morgan fingerprint density at radius 2 is 0.545 bits per heavy atom. The highest BCUT2D eigenvalue weighted by atomic mass is 16.5. The van der Waals surface area contributed by atoms with Crippen LogP contribution in [0.1, 0.15) is 55.6 Å². The average molecular weight is 587 g/mol. The minimum absolute atomic E-state index is 0.770. The van der Waals surface area contributed by atoms with E-state index in [4.69, 9.17) is 18.9 Å². The van der Waals surface area contributed by atoms with Crippen LogP contribution in [0.3, 0.4) is 0 Å². The summed E-state index contributed by atoms with van der Waals surface area (Å²) in [5, 5.41) is 0. The van der Waals surface area contributed by atoms with Crippen LogP contribution in [0, 0.1) is 69.2 Å². The third-order valence-corrected chi connectivity index (χ3v) is 7.79. The minimum atomic E-state index is 0.770. The van der Waals surface area contributed by atoms with E-state index in [0.29, 0.717) is 0 Å². The van der Waals surface area contributed by atoms with Crippen molar-refractivity contribution in [2.75, 3.05) is 0 Å². The molecule has 0 unspecified atom stereocenters. The Kier molecular flexibility index (Phi) is 8.73. The highest BCUT2D eigenvalue weighted by Gasteiger charge is 2.16. The standard InChI is InChI=1S/C40H42O4/c1-23-14-24(2)16-33(15-23)41-38-27(5)19-35(20-28(38)6)43-40-31(9)21-36(22-32(40)10)44-39-29(7)17-34(18-30(39)8)42-37-25(3)12-11-13-26(37)4/h11-22H,1-10H3. The summed E-state index contributed by atoms with van der Waals surface area (Å²) in [6.07, 6.45) is 0. The van der Waals surface area contributed by atoms with E-state index >= 15 is 0 Å². The van der Waals surface area contributed by atoms with Crippen LogP contribution in [0.2, 0.25) is 0 Å². The summed E-state index contributed by atoms with van der Waals surface area (Å²) in [6, 6.07) is 24.6. The molecule has 4 nitrogen and oxygen atoms in total. The zero-order valence-electron chi connectivity index (χ0n) is 27.6. The van der Waals surface area contributed by atoms with E-state index in [1.807, 2.05) is 56.3 Å². The molecule has 0 bridgehead atoms. The van der Waals surface area contributed by atoms with Crippen molar-refractivity contribution in [3.63, 3.8) is 0 Å². The molecule has 0 saturated carbocycles. The van der Waals surface area contributed by atoms with Gasteiger partial charge in [0.05, 0.1) is 0 Å². The molecule has 226 valence electrons. The normalized spacial score (nSPS) is 11.0. The van der Waals surface area contributed by atoms with Crippen molar-refractivity contribution in [1.29, 1.82) is 0 Å². The third-order valence-electron chi connectivity index (χ3n) is 7.79. The quantitative estimate of drug-likeness (QED) is 0.181. The van der Waals surface area contributed by atoms with Gasteiger partial charge < -0.3 is 18.9 Å². The average Bonchev–Trinajstić information content (AvgIpc) is 2.92. The van der Waals surface area contributed by atoms with Gasteiger partial charge in [0.25, 0.3) is 0 Å². The summed E-state index contributed by atoms with van der Waals surface area (Å²) < 4.78 is 25.5. The van der Waals surface area contributed by atoms with E-state index in [9.17, 15) is 0 Å². The first-order valence-electron chi connectivity index (χ1n) is 15.1. The van der Waals surface area contributed by atoms with Crippen LogP contribution in [0.4, 0.5) is 0 Å². The van der Waals surface area contributed by atoms with Crippen LogP contribution in [0.25, 0.3) is 0 Å². The molecule has 0 aliphatic carbocycles. The molecule has 44 heavy (non-hydrogen) atoms. The second-order valence-electron chi connectivity index (χ2n) is 12.1. The first kappa shape index (κ1) is 30.7. The molecule has 0 amide bonds. The maximum Gasteiger partial charge on any atom is 0.133 e. The summed E-state index contributed by atoms with van der Waals surface area (Å²) in [6.45, 7) is 20.6. The predicted octanol–water partition coefficient (Wildman–Crippen LogP) is 11.9. The molecule has 4 heteroatoms. The lowest BCUT2D eigenvalue weighted by atomic mass is 10.1. The molecule has 0 aromatic heterocycles. The predicted molar refractivity (Wildman–Crippen MR) is 180 cm³/mol. The Hall–Kier alpha value is -4.70.